The summed E-state index contributed by atoms with van der Waals surface area (Å²) >= 11 is 0. The molecule has 3 N–H and O–H groups in total. The van der Waals surface area contributed by atoms with Crippen LogP contribution in [0, 0.1) is 10.8 Å². The third-order valence-corrected chi connectivity index (χ3v) is 4.61. The monoisotopic (exact) mass is 247 g/mol. The molecule has 1 fully saturated rings. The Labute approximate surface area is 110 Å². The zero-order valence-electron chi connectivity index (χ0n) is 11.6. The van der Waals surface area contributed by atoms with Gasteiger partial charge in [-0.05, 0) is 67.2 Å². The van der Waals surface area contributed by atoms with Gasteiger partial charge in [0.15, 0.2) is 0 Å². The number of hydrogen-bond donors (Lipinski definition) is 2. The highest BCUT2D eigenvalue weighted by molar-refractivity contribution is 5.26. The van der Waals surface area contributed by atoms with Crippen LogP contribution < -0.4 is 5.73 Å². The molecule has 0 radical (unpaired) electrons. The third-order valence-electron chi connectivity index (χ3n) is 4.61. The van der Waals surface area contributed by atoms with Crippen molar-refractivity contribution < 1.29 is 5.11 Å². The van der Waals surface area contributed by atoms with Gasteiger partial charge in [-0.25, -0.2) is 0 Å². The molecule has 2 heteroatoms. The molecule has 0 heterocycles. The lowest BCUT2D eigenvalue weighted by Gasteiger charge is -2.43. The van der Waals surface area contributed by atoms with Crippen LogP contribution in [0.5, 0.6) is 5.75 Å². The quantitative estimate of drug-likeness (QED) is 0.859. The van der Waals surface area contributed by atoms with Crippen LogP contribution in [0.4, 0.5) is 0 Å². The molecule has 1 saturated carbocycles. The third kappa shape index (κ3) is 3.05. The molecule has 0 amide bonds. The van der Waals surface area contributed by atoms with Crippen molar-refractivity contribution in [1.82, 2.24) is 0 Å². The van der Waals surface area contributed by atoms with Crippen LogP contribution in [0.15, 0.2) is 24.3 Å². The van der Waals surface area contributed by atoms with Gasteiger partial charge in [0, 0.05) is 0 Å². The number of phenols is 1. The molecular weight excluding hydrogens is 222 g/mol. The van der Waals surface area contributed by atoms with E-state index in [9.17, 15) is 5.11 Å². The minimum Gasteiger partial charge on any atom is -0.508 e. The first-order valence-electron chi connectivity index (χ1n) is 6.93. The van der Waals surface area contributed by atoms with E-state index in [0.29, 0.717) is 11.2 Å². The van der Waals surface area contributed by atoms with Crippen LogP contribution in [-0.4, -0.2) is 11.7 Å². The predicted octanol–water partition coefficient (Wildman–Crippen LogP) is 3.48. The van der Waals surface area contributed by atoms with Crippen molar-refractivity contribution in [2.45, 2.75) is 46.0 Å². The van der Waals surface area contributed by atoms with Crippen molar-refractivity contribution in [1.29, 1.82) is 0 Å². The first-order chi connectivity index (χ1) is 8.45. The summed E-state index contributed by atoms with van der Waals surface area (Å²) in [5.41, 5.74) is 8.10. The average Bonchev–Trinajstić information content (AvgIpc) is 2.35. The van der Waals surface area contributed by atoms with Crippen molar-refractivity contribution >= 4 is 0 Å². The molecule has 1 aliphatic rings. The Hall–Kier alpha value is -1.02. The van der Waals surface area contributed by atoms with Gasteiger partial charge < -0.3 is 10.8 Å². The van der Waals surface area contributed by atoms with Crippen LogP contribution in [0.2, 0.25) is 0 Å². The molecule has 0 spiro atoms. The molecular formula is C16H25NO. The van der Waals surface area contributed by atoms with Crippen LogP contribution in [0.1, 0.15) is 45.1 Å². The molecule has 0 saturated heterocycles. The molecule has 0 bridgehead atoms. The van der Waals surface area contributed by atoms with E-state index in [1.165, 1.54) is 31.2 Å². The molecule has 0 unspecified atom stereocenters. The molecule has 18 heavy (non-hydrogen) atoms. The van der Waals surface area contributed by atoms with Gasteiger partial charge in [-0.15, -0.1) is 0 Å². The minimum atomic E-state index is 0.270. The van der Waals surface area contributed by atoms with E-state index in [-0.39, 0.29) is 5.41 Å². The van der Waals surface area contributed by atoms with Crippen molar-refractivity contribution in [2.75, 3.05) is 6.54 Å². The smallest absolute Gasteiger partial charge is 0.115 e. The second kappa shape index (κ2) is 4.93. The molecule has 1 aromatic rings. The SMILES string of the molecule is CC1(C)CCC(CN)(Cc2ccc(O)cc2)CC1. The summed E-state index contributed by atoms with van der Waals surface area (Å²) < 4.78 is 0. The summed E-state index contributed by atoms with van der Waals surface area (Å²) in [7, 11) is 0. The maximum atomic E-state index is 9.33. The van der Waals surface area contributed by atoms with Gasteiger partial charge in [0.1, 0.15) is 5.75 Å². The number of benzene rings is 1. The first kappa shape index (κ1) is 13.4. The fourth-order valence-electron chi connectivity index (χ4n) is 2.96. The van der Waals surface area contributed by atoms with E-state index >= 15 is 0 Å². The molecule has 0 aromatic heterocycles. The van der Waals surface area contributed by atoms with Crippen molar-refractivity contribution in [3.8, 4) is 5.75 Å². The van der Waals surface area contributed by atoms with Gasteiger partial charge in [-0.2, -0.15) is 0 Å². The summed E-state index contributed by atoms with van der Waals surface area (Å²) in [5, 5.41) is 9.33. The normalized spacial score (nSPS) is 21.7. The topological polar surface area (TPSA) is 46.2 Å². The lowest BCUT2D eigenvalue weighted by molar-refractivity contribution is 0.108. The van der Waals surface area contributed by atoms with E-state index in [0.717, 1.165) is 13.0 Å². The molecule has 100 valence electrons. The Morgan fingerprint density at radius 1 is 1.06 bits per heavy atom. The Morgan fingerprint density at radius 3 is 2.11 bits per heavy atom. The summed E-state index contributed by atoms with van der Waals surface area (Å²) in [4.78, 5) is 0. The van der Waals surface area contributed by atoms with Crippen LogP contribution in [0.3, 0.4) is 0 Å². The molecule has 1 aromatic carbocycles. The number of nitrogens with two attached hydrogens (primary N) is 1. The highest BCUT2D eigenvalue weighted by atomic mass is 16.3. The van der Waals surface area contributed by atoms with Crippen LogP contribution in [0.25, 0.3) is 0 Å². The number of aromatic hydroxyl groups is 1. The molecule has 0 atom stereocenters. The maximum absolute atomic E-state index is 9.33. The number of rotatable bonds is 3. The van der Waals surface area contributed by atoms with Crippen molar-refractivity contribution in [3.63, 3.8) is 0 Å². The second-order valence-electron chi connectivity index (χ2n) is 6.71. The standard InChI is InChI=1S/C16H25NO/c1-15(2)7-9-16(12-17,10-8-15)11-13-3-5-14(18)6-4-13/h3-6,18H,7-12,17H2,1-2H3. The van der Waals surface area contributed by atoms with Crippen LogP contribution >= 0.6 is 0 Å². The molecule has 2 nitrogen and oxygen atoms in total. The summed E-state index contributed by atoms with van der Waals surface area (Å²) in [5.74, 6) is 0.338. The molecule has 1 aliphatic carbocycles. The molecule has 0 aliphatic heterocycles. The van der Waals surface area contributed by atoms with Gasteiger partial charge in [0.2, 0.25) is 0 Å². The summed E-state index contributed by atoms with van der Waals surface area (Å²) in [6.07, 6.45) is 6.01. The van der Waals surface area contributed by atoms with E-state index in [4.69, 9.17) is 5.73 Å². The molecule has 2 rings (SSSR count). The minimum absolute atomic E-state index is 0.270. The van der Waals surface area contributed by atoms with Gasteiger partial charge in [-0.1, -0.05) is 26.0 Å². The van der Waals surface area contributed by atoms with Crippen molar-refractivity contribution in [2.24, 2.45) is 16.6 Å². The average molecular weight is 247 g/mol. The maximum Gasteiger partial charge on any atom is 0.115 e. The second-order valence-corrected chi connectivity index (χ2v) is 6.71. The fraction of sp³-hybridized carbons (Fsp3) is 0.625. The first-order valence-corrected chi connectivity index (χ1v) is 6.93. The van der Waals surface area contributed by atoms with E-state index < -0.39 is 0 Å². The number of phenolic OH excluding ortho intramolecular Hbond substituents is 1. The van der Waals surface area contributed by atoms with E-state index in [1.807, 2.05) is 12.1 Å². The zero-order valence-corrected chi connectivity index (χ0v) is 11.6. The van der Waals surface area contributed by atoms with Gasteiger partial charge in [0.05, 0.1) is 0 Å². The zero-order chi connectivity index (χ0) is 13.2. The van der Waals surface area contributed by atoms with E-state index in [1.54, 1.807) is 12.1 Å². The van der Waals surface area contributed by atoms with Crippen molar-refractivity contribution in [3.05, 3.63) is 29.8 Å². The Balaban J connectivity index is 2.07. The van der Waals surface area contributed by atoms with Gasteiger partial charge >= 0.3 is 0 Å². The van der Waals surface area contributed by atoms with Gasteiger partial charge in [-0.3, -0.25) is 0 Å². The largest absolute Gasteiger partial charge is 0.508 e. The predicted molar refractivity (Wildman–Crippen MR) is 75.5 cm³/mol. The fourth-order valence-corrected chi connectivity index (χ4v) is 2.96. The highest BCUT2D eigenvalue weighted by Crippen LogP contribution is 2.46. The summed E-state index contributed by atoms with van der Waals surface area (Å²) in [6.45, 7) is 5.48. The van der Waals surface area contributed by atoms with E-state index in [2.05, 4.69) is 13.8 Å². The number of hydrogen-bond acceptors (Lipinski definition) is 2. The Morgan fingerprint density at radius 2 is 1.61 bits per heavy atom. The Bertz CT molecular complexity index is 384. The highest BCUT2D eigenvalue weighted by Gasteiger charge is 2.37. The lowest BCUT2D eigenvalue weighted by Crippen LogP contribution is -2.38. The van der Waals surface area contributed by atoms with Crippen LogP contribution in [-0.2, 0) is 6.42 Å². The summed E-state index contributed by atoms with van der Waals surface area (Å²) in [6, 6.07) is 7.58. The Kier molecular flexibility index (Phi) is 3.67. The lowest BCUT2D eigenvalue weighted by atomic mass is 9.63. The van der Waals surface area contributed by atoms with Gasteiger partial charge in [0.25, 0.3) is 0 Å².